The zero-order valence-corrected chi connectivity index (χ0v) is 17.2. The van der Waals surface area contributed by atoms with Crippen LogP contribution in [-0.2, 0) is 41.7 Å². The van der Waals surface area contributed by atoms with E-state index >= 15 is 0 Å². The van der Waals surface area contributed by atoms with Gasteiger partial charge in [-0.05, 0) is 39.0 Å². The first-order valence-corrected chi connectivity index (χ1v) is 10.6. The van der Waals surface area contributed by atoms with Crippen molar-refractivity contribution in [2.24, 2.45) is 0 Å². The predicted molar refractivity (Wildman–Crippen MR) is 84.6 cm³/mol. The molecule has 0 atom stereocenters. The smallest absolute Gasteiger partial charge is 0 e. The third-order valence-corrected chi connectivity index (χ3v) is 4.11. The summed E-state index contributed by atoms with van der Waals surface area (Å²) >= 11 is 0. The van der Waals surface area contributed by atoms with Crippen molar-refractivity contribution in [1.29, 1.82) is 0 Å². The second-order valence-electron chi connectivity index (χ2n) is 4.55. The van der Waals surface area contributed by atoms with E-state index in [0.717, 1.165) is 18.1 Å². The largest absolute Gasteiger partial charge is 0 e. The van der Waals surface area contributed by atoms with Crippen molar-refractivity contribution in [3.05, 3.63) is 42.6 Å². The van der Waals surface area contributed by atoms with E-state index in [9.17, 15) is 0 Å². The summed E-state index contributed by atoms with van der Waals surface area (Å²) in [4.78, 5) is 0. The summed E-state index contributed by atoms with van der Waals surface area (Å²) in [6, 6.07) is 7.78. The van der Waals surface area contributed by atoms with Gasteiger partial charge in [0, 0.05) is 25.9 Å². The van der Waals surface area contributed by atoms with E-state index in [1.54, 1.807) is 7.11 Å². The summed E-state index contributed by atoms with van der Waals surface area (Å²) in [6.45, 7) is 18.2. The van der Waals surface area contributed by atoms with Crippen LogP contribution in [0.1, 0.15) is 11.1 Å². The Labute approximate surface area is 144 Å². The first kappa shape index (κ1) is 25.9. The van der Waals surface area contributed by atoms with Crippen molar-refractivity contribution < 1.29 is 34.1 Å². The maximum absolute atomic E-state index is 7.50. The van der Waals surface area contributed by atoms with E-state index < -0.39 is 0 Å². The van der Waals surface area contributed by atoms with E-state index in [1.165, 1.54) is 11.1 Å². The number of hydrogen-bond acceptors (Lipinski definition) is 1. The number of methoxy groups -OCH3 is 1. The number of rotatable bonds is 5. The molecule has 0 aromatic heterocycles. The molecule has 3 nitrogen and oxygen atoms in total. The van der Waals surface area contributed by atoms with Gasteiger partial charge in [0.25, 0.3) is 0 Å². The predicted octanol–water partition coefficient (Wildman–Crippen LogP) is 3.90. The van der Waals surface area contributed by atoms with Crippen molar-refractivity contribution in [2.75, 3.05) is 33.8 Å². The van der Waals surface area contributed by atoms with Gasteiger partial charge in [0.1, 0.15) is 0 Å². The van der Waals surface area contributed by atoms with Crippen LogP contribution in [0.25, 0.3) is 0 Å². The summed E-state index contributed by atoms with van der Waals surface area (Å²) in [5, 5.41) is 0. The summed E-state index contributed by atoms with van der Waals surface area (Å²) in [7, 11) is 1.92. The zero-order chi connectivity index (χ0) is 16.1. The molecule has 0 saturated carbocycles. The number of hydrogen-bond donors (Lipinski definition) is 0. The Balaban J connectivity index is -0.000000595. The maximum atomic E-state index is 7.50. The van der Waals surface area contributed by atoms with E-state index in [4.69, 9.17) is 14.0 Å². The minimum atomic E-state index is 0. The van der Waals surface area contributed by atoms with Gasteiger partial charge in [-0.1, -0.05) is 0 Å². The van der Waals surface area contributed by atoms with Crippen LogP contribution in [0.5, 0.6) is 5.75 Å². The van der Waals surface area contributed by atoms with Gasteiger partial charge in [0.05, 0.1) is 7.11 Å². The van der Waals surface area contributed by atoms with Gasteiger partial charge in [-0.3, -0.25) is 0 Å². The molecule has 0 fully saturated rings. The zero-order valence-electron chi connectivity index (χ0n) is 13.0. The fourth-order valence-corrected chi connectivity index (χ4v) is 3.34. The van der Waals surface area contributed by atoms with Crippen LogP contribution in [0.15, 0.2) is 12.1 Å². The van der Waals surface area contributed by atoms with Crippen LogP contribution in [0, 0.1) is 19.4 Å². The Hall–Kier alpha value is 0.00935. The van der Waals surface area contributed by atoms with E-state index in [-0.39, 0.29) is 35.9 Å². The second kappa shape index (κ2) is 16.4. The van der Waals surface area contributed by atoms with Crippen LogP contribution in [-0.4, -0.2) is 33.8 Å². The molecule has 1 radical (unpaired) electrons. The molecular weight excluding hydrogens is 482 g/mol. The molecule has 0 amide bonds. The Bertz CT molecular complexity index is 384. The molecule has 0 aliphatic heterocycles. The summed E-state index contributed by atoms with van der Waals surface area (Å²) in [6.07, 6.45) is 2.29. The fourth-order valence-electron chi connectivity index (χ4n) is 1.63. The van der Waals surface area contributed by atoms with Crippen LogP contribution in [0.4, 0.5) is 0 Å². The van der Waals surface area contributed by atoms with Gasteiger partial charge in [-0.25, -0.2) is 0 Å². The van der Waals surface area contributed by atoms with Crippen molar-refractivity contribution in [2.45, 2.75) is 12.3 Å². The normalized spacial score (nSPS) is 8.71. The van der Waals surface area contributed by atoms with Crippen LogP contribution in [0.2, 0.25) is 0 Å². The molecule has 0 aliphatic rings. The van der Waals surface area contributed by atoms with Gasteiger partial charge in [-0.2, -0.15) is 17.2 Å². The number of benzene rings is 1. The van der Waals surface area contributed by atoms with E-state index in [1.807, 2.05) is 0 Å². The molecule has 0 heterocycles. The van der Waals surface area contributed by atoms with E-state index in [2.05, 4.69) is 58.2 Å². The third kappa shape index (κ3) is 13.4. The summed E-state index contributed by atoms with van der Waals surface area (Å²) < 4.78 is 20.4. The van der Waals surface area contributed by atoms with Crippen molar-refractivity contribution in [3.8, 4) is 5.75 Å². The standard InChI is InChI=1S/C13H21OP2.2CO.Ir/c1-14-13-7-11(9-15(2)3)6-12(8-13)10-16(4)5;2*1-2;/h7-8H,9-10H2,1-5H3;;;/q-1;;;. The van der Waals surface area contributed by atoms with Crippen LogP contribution < -0.4 is 4.74 Å². The first-order valence-electron chi connectivity index (χ1n) is 5.80. The van der Waals surface area contributed by atoms with Crippen molar-refractivity contribution in [3.63, 3.8) is 0 Å². The monoisotopic (exact) mass is 504 g/mol. The average molecular weight is 503 g/mol. The van der Waals surface area contributed by atoms with E-state index in [0.29, 0.717) is 0 Å². The molecule has 1 rings (SSSR count). The maximum Gasteiger partial charge on any atom is 0 e. The molecule has 0 aliphatic carbocycles. The summed E-state index contributed by atoms with van der Waals surface area (Å²) in [5.41, 5.74) is 2.62. The topological polar surface area (TPSA) is 49.0 Å². The molecule has 1 aromatic rings. The molecule has 119 valence electrons. The van der Waals surface area contributed by atoms with Gasteiger partial charge in [-0.15, -0.1) is 28.0 Å². The third-order valence-electron chi connectivity index (χ3n) is 2.16. The Morgan fingerprint density at radius 1 is 0.952 bits per heavy atom. The van der Waals surface area contributed by atoms with Crippen LogP contribution >= 0.6 is 15.8 Å². The Morgan fingerprint density at radius 3 is 1.52 bits per heavy atom. The fraction of sp³-hybridized carbons (Fsp3) is 0.467. The SMILES string of the molecule is COc1cc(CP(C)C)[c-]c(CP(C)C)c1.[C-]#[O+].[C-]#[O+].[Ir]. The molecule has 0 unspecified atom stereocenters. The second-order valence-corrected chi connectivity index (χ2v) is 9.50. The quantitative estimate of drug-likeness (QED) is 0.342. The Kier molecular flexibility index (Phi) is 20.2. The van der Waals surface area contributed by atoms with Crippen LogP contribution in [0.3, 0.4) is 0 Å². The van der Waals surface area contributed by atoms with Gasteiger partial charge in [0.15, 0.2) is 0 Å². The average Bonchev–Trinajstić information content (AvgIpc) is 2.41. The molecule has 1 aromatic carbocycles. The minimum Gasteiger partial charge on any atom is 0 e. The molecule has 0 bridgehead atoms. The summed E-state index contributed by atoms with van der Waals surface area (Å²) in [5.74, 6) is 0.984. The van der Waals surface area contributed by atoms with Gasteiger partial charge >= 0.3 is 22.6 Å². The minimum absolute atomic E-state index is 0. The Morgan fingerprint density at radius 2 is 1.29 bits per heavy atom. The molecule has 6 heteroatoms. The first-order chi connectivity index (χ1) is 9.51. The van der Waals surface area contributed by atoms with Crippen molar-refractivity contribution in [1.82, 2.24) is 0 Å². The molecule has 0 spiro atoms. The molecular formula is C15H21IrO3P2-. The van der Waals surface area contributed by atoms with Gasteiger partial charge in [0.2, 0.25) is 0 Å². The van der Waals surface area contributed by atoms with Gasteiger partial charge < -0.3 is 4.74 Å². The number of ether oxygens (including phenoxy) is 1. The van der Waals surface area contributed by atoms with Crippen molar-refractivity contribution >= 4 is 15.8 Å². The molecule has 0 saturated heterocycles. The molecule has 21 heavy (non-hydrogen) atoms. The molecule has 0 N–H and O–H groups in total.